The maximum absolute atomic E-state index is 12.3. The molecule has 1 atom stereocenters. The summed E-state index contributed by atoms with van der Waals surface area (Å²) in [7, 11) is 0. The number of hydrogen-bond donors (Lipinski definition) is 2. The Morgan fingerprint density at radius 2 is 2.18 bits per heavy atom. The van der Waals surface area contributed by atoms with Crippen molar-refractivity contribution in [3.05, 3.63) is 29.8 Å². The summed E-state index contributed by atoms with van der Waals surface area (Å²) in [6, 6.07) is 7.97. The maximum Gasteiger partial charge on any atom is 0.232 e. The highest BCUT2D eigenvalue weighted by Crippen LogP contribution is 2.33. The Kier molecular flexibility index (Phi) is 2.52. The summed E-state index contributed by atoms with van der Waals surface area (Å²) < 4.78 is 0. The van der Waals surface area contributed by atoms with Crippen molar-refractivity contribution in [1.82, 2.24) is 4.90 Å². The number of hydrogen-bond acceptors (Lipinski definition) is 3. The molecule has 1 unspecified atom stereocenters. The fraction of sp³-hybridized carbons (Fsp3) is 0.462. The minimum atomic E-state index is -0.0501. The number of nitrogens with one attached hydrogen (secondary N) is 1. The lowest BCUT2D eigenvalue weighted by atomic mass is 9.95. The lowest BCUT2D eigenvalue weighted by Crippen LogP contribution is -2.53. The van der Waals surface area contributed by atoms with Crippen LogP contribution in [0.1, 0.15) is 11.5 Å². The van der Waals surface area contributed by atoms with Crippen LogP contribution in [0.5, 0.6) is 0 Å². The summed E-state index contributed by atoms with van der Waals surface area (Å²) in [5.41, 5.74) is 2.18. The van der Waals surface area contributed by atoms with Gasteiger partial charge in [-0.25, -0.2) is 0 Å². The number of carbonyl (C=O) groups is 1. The van der Waals surface area contributed by atoms with Gasteiger partial charge in [0, 0.05) is 37.8 Å². The van der Waals surface area contributed by atoms with E-state index >= 15 is 0 Å². The molecule has 0 radical (unpaired) electrons. The summed E-state index contributed by atoms with van der Waals surface area (Å²) in [6.45, 7) is 2.28. The van der Waals surface area contributed by atoms with Crippen LogP contribution in [0.2, 0.25) is 0 Å². The smallest absolute Gasteiger partial charge is 0.232 e. The molecule has 0 aliphatic carbocycles. The second kappa shape index (κ2) is 4.04. The largest absolute Gasteiger partial charge is 0.396 e. The highest BCUT2D eigenvalue weighted by Gasteiger charge is 2.37. The lowest BCUT2D eigenvalue weighted by Gasteiger charge is -2.39. The molecule has 4 heteroatoms. The van der Waals surface area contributed by atoms with Crippen molar-refractivity contribution in [3.63, 3.8) is 0 Å². The molecule has 4 nitrogen and oxygen atoms in total. The summed E-state index contributed by atoms with van der Waals surface area (Å²) in [6.07, 6.45) is 0. The molecule has 1 aromatic rings. The van der Waals surface area contributed by atoms with E-state index in [2.05, 4.69) is 5.32 Å². The third-order valence-electron chi connectivity index (χ3n) is 3.66. The molecule has 0 bridgehead atoms. The number of fused-ring (bicyclic) bond motifs is 1. The van der Waals surface area contributed by atoms with E-state index in [9.17, 15) is 4.79 Å². The van der Waals surface area contributed by atoms with Crippen LogP contribution in [0.15, 0.2) is 24.3 Å². The molecule has 2 aliphatic rings. The summed E-state index contributed by atoms with van der Waals surface area (Å²) in [4.78, 5) is 14.1. The van der Waals surface area contributed by atoms with Crippen LogP contribution in [0, 0.1) is 5.92 Å². The molecule has 1 aromatic carbocycles. The molecule has 1 fully saturated rings. The predicted octanol–water partition coefficient (Wildman–Crippen LogP) is 0.646. The Labute approximate surface area is 100 Å². The van der Waals surface area contributed by atoms with Gasteiger partial charge in [-0.15, -0.1) is 0 Å². The molecule has 3 rings (SSSR count). The molecule has 2 heterocycles. The SMILES string of the molecule is O=C(C1CNc2ccccc21)N1CC(CO)C1. The second-order valence-corrected chi connectivity index (χ2v) is 4.81. The topological polar surface area (TPSA) is 52.6 Å². The average molecular weight is 232 g/mol. The van der Waals surface area contributed by atoms with Gasteiger partial charge in [0.1, 0.15) is 0 Å². The Morgan fingerprint density at radius 1 is 1.41 bits per heavy atom. The second-order valence-electron chi connectivity index (χ2n) is 4.81. The van der Waals surface area contributed by atoms with Crippen LogP contribution in [-0.4, -0.2) is 42.2 Å². The van der Waals surface area contributed by atoms with Gasteiger partial charge >= 0.3 is 0 Å². The number of likely N-dealkylation sites (tertiary alicyclic amines) is 1. The molecule has 2 N–H and O–H groups in total. The van der Waals surface area contributed by atoms with Gasteiger partial charge in [-0.2, -0.15) is 0 Å². The Bertz CT molecular complexity index is 441. The molecule has 0 saturated carbocycles. The number of benzene rings is 1. The van der Waals surface area contributed by atoms with Crippen molar-refractivity contribution in [2.75, 3.05) is 31.6 Å². The average Bonchev–Trinajstić information content (AvgIpc) is 2.71. The lowest BCUT2D eigenvalue weighted by molar-refractivity contribution is -0.139. The zero-order valence-corrected chi connectivity index (χ0v) is 9.60. The van der Waals surface area contributed by atoms with Gasteiger partial charge in [0.2, 0.25) is 5.91 Å². The number of anilines is 1. The number of amides is 1. The first-order valence-electron chi connectivity index (χ1n) is 6.02. The summed E-state index contributed by atoms with van der Waals surface area (Å²) in [5, 5.41) is 12.2. The third kappa shape index (κ3) is 1.69. The number of para-hydroxylation sites is 1. The molecule has 90 valence electrons. The minimum Gasteiger partial charge on any atom is -0.396 e. The van der Waals surface area contributed by atoms with E-state index in [1.807, 2.05) is 29.2 Å². The molecule has 0 spiro atoms. The molecule has 1 amide bonds. The van der Waals surface area contributed by atoms with Crippen LogP contribution >= 0.6 is 0 Å². The first-order chi connectivity index (χ1) is 8.29. The highest BCUT2D eigenvalue weighted by atomic mass is 16.3. The Hall–Kier alpha value is -1.55. The van der Waals surface area contributed by atoms with Crippen molar-refractivity contribution >= 4 is 11.6 Å². The highest BCUT2D eigenvalue weighted by molar-refractivity contribution is 5.88. The molecule has 0 aromatic heterocycles. The molecule has 2 aliphatic heterocycles. The third-order valence-corrected chi connectivity index (χ3v) is 3.66. The monoisotopic (exact) mass is 232 g/mol. The van der Waals surface area contributed by atoms with Gasteiger partial charge in [-0.05, 0) is 11.6 Å². The van der Waals surface area contributed by atoms with Crippen LogP contribution in [0.4, 0.5) is 5.69 Å². The fourth-order valence-electron chi connectivity index (χ4n) is 2.59. The van der Waals surface area contributed by atoms with E-state index in [0.29, 0.717) is 19.6 Å². The summed E-state index contributed by atoms with van der Waals surface area (Å²) in [5.74, 6) is 0.418. The van der Waals surface area contributed by atoms with E-state index < -0.39 is 0 Å². The van der Waals surface area contributed by atoms with Crippen molar-refractivity contribution in [2.45, 2.75) is 5.92 Å². The molecule has 17 heavy (non-hydrogen) atoms. The van der Waals surface area contributed by atoms with E-state index in [1.165, 1.54) is 0 Å². The van der Waals surface area contributed by atoms with E-state index in [0.717, 1.165) is 11.3 Å². The van der Waals surface area contributed by atoms with E-state index in [4.69, 9.17) is 5.11 Å². The van der Waals surface area contributed by atoms with Crippen molar-refractivity contribution < 1.29 is 9.90 Å². The Morgan fingerprint density at radius 3 is 2.94 bits per heavy atom. The van der Waals surface area contributed by atoms with Gasteiger partial charge in [-0.3, -0.25) is 4.79 Å². The minimum absolute atomic E-state index is 0.0501. The zero-order chi connectivity index (χ0) is 11.8. The number of nitrogens with zero attached hydrogens (tertiary/aromatic N) is 1. The number of aliphatic hydroxyl groups is 1. The fourth-order valence-corrected chi connectivity index (χ4v) is 2.59. The molecular weight excluding hydrogens is 216 g/mol. The predicted molar refractivity (Wildman–Crippen MR) is 64.8 cm³/mol. The van der Waals surface area contributed by atoms with Crippen LogP contribution in [-0.2, 0) is 4.79 Å². The quantitative estimate of drug-likeness (QED) is 0.787. The van der Waals surface area contributed by atoms with Gasteiger partial charge < -0.3 is 15.3 Å². The molecule has 1 saturated heterocycles. The Balaban J connectivity index is 1.73. The number of carbonyl (C=O) groups excluding carboxylic acids is 1. The van der Waals surface area contributed by atoms with Crippen molar-refractivity contribution in [1.29, 1.82) is 0 Å². The van der Waals surface area contributed by atoms with Gasteiger partial charge in [0.25, 0.3) is 0 Å². The normalized spacial score (nSPS) is 22.9. The van der Waals surface area contributed by atoms with Gasteiger partial charge in [0.15, 0.2) is 0 Å². The van der Waals surface area contributed by atoms with Gasteiger partial charge in [0.05, 0.1) is 5.92 Å². The van der Waals surface area contributed by atoms with Crippen LogP contribution < -0.4 is 5.32 Å². The number of rotatable bonds is 2. The summed E-state index contributed by atoms with van der Waals surface area (Å²) >= 11 is 0. The number of aliphatic hydroxyl groups excluding tert-OH is 1. The maximum atomic E-state index is 12.3. The first kappa shape index (κ1) is 10.6. The van der Waals surface area contributed by atoms with E-state index in [-0.39, 0.29) is 24.3 Å². The van der Waals surface area contributed by atoms with Crippen molar-refractivity contribution in [3.8, 4) is 0 Å². The van der Waals surface area contributed by atoms with Crippen LogP contribution in [0.3, 0.4) is 0 Å². The van der Waals surface area contributed by atoms with Crippen LogP contribution in [0.25, 0.3) is 0 Å². The van der Waals surface area contributed by atoms with Crippen molar-refractivity contribution in [2.24, 2.45) is 5.92 Å². The van der Waals surface area contributed by atoms with Gasteiger partial charge in [-0.1, -0.05) is 18.2 Å². The molecular formula is C13H16N2O2. The van der Waals surface area contributed by atoms with E-state index in [1.54, 1.807) is 0 Å². The first-order valence-corrected chi connectivity index (χ1v) is 6.02. The zero-order valence-electron chi connectivity index (χ0n) is 9.60. The standard InChI is InChI=1S/C13H16N2O2/c16-8-9-6-15(7-9)13(17)11-5-14-12-4-2-1-3-10(11)12/h1-4,9,11,14,16H,5-8H2.